The van der Waals surface area contributed by atoms with Gasteiger partial charge < -0.3 is 5.73 Å². The summed E-state index contributed by atoms with van der Waals surface area (Å²) in [7, 11) is 0. The van der Waals surface area contributed by atoms with Gasteiger partial charge in [0.25, 0.3) is 0 Å². The van der Waals surface area contributed by atoms with Gasteiger partial charge in [-0.05, 0) is 12.2 Å². The Balaban J connectivity index is 2.09. The SMILES string of the molecule is CCCSCc1nc(N)c2c(n1)CSC2. The molecule has 1 aromatic rings. The number of rotatable bonds is 4. The number of nitrogens with two attached hydrogens (primary N) is 1. The number of fused-ring (bicyclic) bond motifs is 1. The fourth-order valence-electron chi connectivity index (χ4n) is 1.50. The van der Waals surface area contributed by atoms with E-state index in [0.29, 0.717) is 5.82 Å². The molecule has 2 heterocycles. The first-order chi connectivity index (χ1) is 7.31. The van der Waals surface area contributed by atoms with Gasteiger partial charge in [0.2, 0.25) is 0 Å². The maximum atomic E-state index is 5.90. The third-order valence-corrected chi connectivity index (χ3v) is 4.37. The molecule has 82 valence electrons. The quantitative estimate of drug-likeness (QED) is 0.821. The van der Waals surface area contributed by atoms with Gasteiger partial charge in [0, 0.05) is 17.1 Å². The molecule has 0 unspecified atom stereocenters. The Kier molecular flexibility index (Phi) is 3.75. The van der Waals surface area contributed by atoms with Gasteiger partial charge in [-0.2, -0.15) is 23.5 Å². The van der Waals surface area contributed by atoms with Crippen LogP contribution in [0.5, 0.6) is 0 Å². The Morgan fingerprint density at radius 2 is 2.27 bits per heavy atom. The standard InChI is InChI=1S/C10H15N3S2/c1-2-3-14-6-9-12-8-5-15-4-7(8)10(11)13-9/h2-6H2,1H3,(H2,11,12,13). The number of nitrogens with zero attached hydrogens (tertiary/aromatic N) is 2. The smallest absolute Gasteiger partial charge is 0.140 e. The van der Waals surface area contributed by atoms with Crippen molar-refractivity contribution in [2.45, 2.75) is 30.6 Å². The molecule has 0 atom stereocenters. The summed E-state index contributed by atoms with van der Waals surface area (Å²) in [4.78, 5) is 8.90. The van der Waals surface area contributed by atoms with E-state index in [-0.39, 0.29) is 0 Å². The lowest BCUT2D eigenvalue weighted by atomic mass is 10.2. The fraction of sp³-hybridized carbons (Fsp3) is 0.600. The van der Waals surface area contributed by atoms with Gasteiger partial charge in [0.1, 0.15) is 11.6 Å². The molecule has 1 aliphatic rings. The van der Waals surface area contributed by atoms with Crippen LogP contribution >= 0.6 is 23.5 Å². The van der Waals surface area contributed by atoms with E-state index in [4.69, 9.17) is 5.73 Å². The molecular formula is C10H15N3S2. The second-order valence-electron chi connectivity index (χ2n) is 3.50. The largest absolute Gasteiger partial charge is 0.383 e. The van der Waals surface area contributed by atoms with Crippen LogP contribution in [0.4, 0.5) is 5.82 Å². The lowest BCUT2D eigenvalue weighted by Gasteiger charge is -2.05. The van der Waals surface area contributed by atoms with Crippen molar-refractivity contribution >= 4 is 29.3 Å². The molecule has 1 aromatic heterocycles. The highest BCUT2D eigenvalue weighted by molar-refractivity contribution is 7.98. The molecule has 0 saturated carbocycles. The zero-order chi connectivity index (χ0) is 10.7. The van der Waals surface area contributed by atoms with Gasteiger partial charge in [0.05, 0.1) is 11.4 Å². The normalized spacial score (nSPS) is 14.2. The van der Waals surface area contributed by atoms with E-state index in [9.17, 15) is 0 Å². The Morgan fingerprint density at radius 3 is 3.07 bits per heavy atom. The predicted octanol–water partition coefficient (Wildman–Crippen LogP) is 2.45. The molecule has 1 aliphatic heterocycles. The van der Waals surface area contributed by atoms with E-state index in [1.54, 1.807) is 0 Å². The summed E-state index contributed by atoms with van der Waals surface area (Å²) >= 11 is 3.74. The van der Waals surface area contributed by atoms with Crippen LogP contribution in [0.15, 0.2) is 0 Å². The molecule has 0 amide bonds. The molecule has 0 bridgehead atoms. The van der Waals surface area contributed by atoms with Crippen molar-refractivity contribution in [3.63, 3.8) is 0 Å². The van der Waals surface area contributed by atoms with Gasteiger partial charge in [-0.15, -0.1) is 0 Å². The monoisotopic (exact) mass is 241 g/mol. The molecule has 2 rings (SSSR count). The van der Waals surface area contributed by atoms with Crippen LogP contribution < -0.4 is 5.73 Å². The van der Waals surface area contributed by atoms with Crippen molar-refractivity contribution < 1.29 is 0 Å². The average molecular weight is 241 g/mol. The number of anilines is 1. The van der Waals surface area contributed by atoms with Gasteiger partial charge in [0.15, 0.2) is 0 Å². The lowest BCUT2D eigenvalue weighted by molar-refractivity contribution is 0.980. The topological polar surface area (TPSA) is 51.8 Å². The Labute approximate surface area is 98.6 Å². The Morgan fingerprint density at radius 1 is 1.40 bits per heavy atom. The van der Waals surface area contributed by atoms with Crippen molar-refractivity contribution in [2.75, 3.05) is 11.5 Å². The molecule has 0 saturated heterocycles. The highest BCUT2D eigenvalue weighted by Gasteiger charge is 2.17. The van der Waals surface area contributed by atoms with Gasteiger partial charge in [-0.1, -0.05) is 6.92 Å². The van der Waals surface area contributed by atoms with E-state index in [2.05, 4.69) is 16.9 Å². The van der Waals surface area contributed by atoms with Crippen molar-refractivity contribution in [3.05, 3.63) is 17.1 Å². The third kappa shape index (κ3) is 2.58. The van der Waals surface area contributed by atoms with Gasteiger partial charge in [-0.3, -0.25) is 0 Å². The van der Waals surface area contributed by atoms with E-state index >= 15 is 0 Å². The average Bonchev–Trinajstić information content (AvgIpc) is 2.66. The van der Waals surface area contributed by atoms with Crippen molar-refractivity contribution in [3.8, 4) is 0 Å². The number of hydrogen-bond donors (Lipinski definition) is 1. The van der Waals surface area contributed by atoms with E-state index in [1.807, 2.05) is 23.5 Å². The first-order valence-electron chi connectivity index (χ1n) is 5.11. The third-order valence-electron chi connectivity index (χ3n) is 2.24. The minimum atomic E-state index is 0.692. The minimum Gasteiger partial charge on any atom is -0.383 e. The second-order valence-corrected chi connectivity index (χ2v) is 5.59. The highest BCUT2D eigenvalue weighted by atomic mass is 32.2. The van der Waals surface area contributed by atoms with Crippen molar-refractivity contribution in [1.82, 2.24) is 9.97 Å². The highest BCUT2D eigenvalue weighted by Crippen LogP contribution is 2.31. The van der Waals surface area contributed by atoms with Crippen LogP contribution in [-0.4, -0.2) is 15.7 Å². The zero-order valence-corrected chi connectivity index (χ0v) is 10.5. The Bertz CT molecular complexity index is 355. The molecule has 0 spiro atoms. The summed E-state index contributed by atoms with van der Waals surface area (Å²) in [5.74, 6) is 5.60. The van der Waals surface area contributed by atoms with Crippen LogP contribution in [0.1, 0.15) is 30.4 Å². The zero-order valence-electron chi connectivity index (χ0n) is 8.82. The first kappa shape index (κ1) is 11.1. The molecule has 3 nitrogen and oxygen atoms in total. The van der Waals surface area contributed by atoms with E-state index in [1.165, 1.54) is 6.42 Å². The first-order valence-corrected chi connectivity index (χ1v) is 7.41. The number of nitrogen functional groups attached to an aromatic ring is 1. The lowest BCUT2D eigenvalue weighted by Crippen LogP contribution is -2.04. The Hall–Kier alpha value is -0.420. The summed E-state index contributed by atoms with van der Waals surface area (Å²) in [6.45, 7) is 2.18. The molecule has 0 fully saturated rings. The van der Waals surface area contributed by atoms with Gasteiger partial charge in [-0.25, -0.2) is 9.97 Å². The van der Waals surface area contributed by atoms with Crippen LogP contribution in [0.2, 0.25) is 0 Å². The van der Waals surface area contributed by atoms with Crippen LogP contribution in [0.25, 0.3) is 0 Å². The number of hydrogen-bond acceptors (Lipinski definition) is 5. The molecular weight excluding hydrogens is 226 g/mol. The predicted molar refractivity (Wildman–Crippen MR) is 67.9 cm³/mol. The fourth-order valence-corrected chi connectivity index (χ4v) is 3.30. The summed E-state index contributed by atoms with van der Waals surface area (Å²) in [6.07, 6.45) is 1.20. The minimum absolute atomic E-state index is 0.692. The number of aromatic nitrogens is 2. The van der Waals surface area contributed by atoms with E-state index < -0.39 is 0 Å². The molecule has 0 radical (unpaired) electrons. The van der Waals surface area contributed by atoms with Crippen molar-refractivity contribution in [1.29, 1.82) is 0 Å². The maximum absolute atomic E-state index is 5.90. The summed E-state index contributed by atoms with van der Waals surface area (Å²) in [6, 6.07) is 0. The summed E-state index contributed by atoms with van der Waals surface area (Å²) in [5, 5.41) is 0. The summed E-state index contributed by atoms with van der Waals surface area (Å²) < 4.78 is 0. The molecule has 0 aliphatic carbocycles. The van der Waals surface area contributed by atoms with Gasteiger partial charge >= 0.3 is 0 Å². The van der Waals surface area contributed by atoms with Crippen LogP contribution in [-0.2, 0) is 17.3 Å². The molecule has 0 aromatic carbocycles. The van der Waals surface area contributed by atoms with Crippen LogP contribution in [0, 0.1) is 0 Å². The van der Waals surface area contributed by atoms with Crippen molar-refractivity contribution in [2.24, 2.45) is 0 Å². The molecule has 15 heavy (non-hydrogen) atoms. The maximum Gasteiger partial charge on any atom is 0.140 e. The number of thioether (sulfide) groups is 2. The second kappa shape index (κ2) is 5.07. The van der Waals surface area contributed by atoms with E-state index in [0.717, 1.165) is 40.1 Å². The molecule has 2 N–H and O–H groups in total. The summed E-state index contributed by atoms with van der Waals surface area (Å²) in [5.41, 5.74) is 8.21. The molecule has 5 heteroatoms. The van der Waals surface area contributed by atoms with Crippen LogP contribution in [0.3, 0.4) is 0 Å².